The van der Waals surface area contributed by atoms with Crippen molar-refractivity contribution in [1.29, 1.82) is 0 Å². The van der Waals surface area contributed by atoms with Gasteiger partial charge in [0.1, 0.15) is 5.69 Å². The third kappa shape index (κ3) is 4.82. The van der Waals surface area contributed by atoms with Crippen molar-refractivity contribution >= 4 is 33.2 Å². The molecule has 0 saturated heterocycles. The fourth-order valence-electron chi connectivity index (χ4n) is 1.86. The Bertz CT molecular complexity index is 634. The molecule has 2 N–H and O–H groups in total. The quantitative estimate of drug-likeness (QED) is 0.738. The van der Waals surface area contributed by atoms with Crippen molar-refractivity contribution in [1.82, 2.24) is 4.98 Å². The van der Waals surface area contributed by atoms with Crippen LogP contribution in [0.3, 0.4) is 0 Å². The number of nitrogens with zero attached hydrogens (tertiary/aromatic N) is 1. The predicted molar refractivity (Wildman–Crippen MR) is 91.3 cm³/mol. The van der Waals surface area contributed by atoms with E-state index in [4.69, 9.17) is 4.74 Å². The standard InChI is InChI=1S/C16H18BrN3O2/c1-22-10-4-8-18-12-7-9-19-15(11-12)16(21)20-14-6-3-2-5-13(14)17/h2-3,5-7,9,11H,4,8,10H2,1H3,(H,18,19)(H,20,21). The Kier molecular flexibility index (Phi) is 6.36. The van der Waals surface area contributed by atoms with Gasteiger partial charge in [-0.1, -0.05) is 12.1 Å². The molecule has 0 aliphatic carbocycles. The number of pyridine rings is 1. The predicted octanol–water partition coefficient (Wildman–Crippen LogP) is 3.54. The van der Waals surface area contributed by atoms with Gasteiger partial charge in [0.05, 0.1) is 5.69 Å². The fourth-order valence-corrected chi connectivity index (χ4v) is 2.25. The molecule has 0 unspecified atom stereocenters. The van der Waals surface area contributed by atoms with Crippen LogP contribution < -0.4 is 10.6 Å². The molecule has 5 nitrogen and oxygen atoms in total. The summed E-state index contributed by atoms with van der Waals surface area (Å²) < 4.78 is 5.83. The van der Waals surface area contributed by atoms with Gasteiger partial charge in [0, 0.05) is 36.6 Å². The summed E-state index contributed by atoms with van der Waals surface area (Å²) in [4.78, 5) is 16.4. The molecule has 0 aliphatic heterocycles. The summed E-state index contributed by atoms with van der Waals surface area (Å²) in [5.41, 5.74) is 1.95. The maximum absolute atomic E-state index is 12.3. The van der Waals surface area contributed by atoms with Crippen molar-refractivity contribution in [3.63, 3.8) is 0 Å². The van der Waals surface area contributed by atoms with E-state index in [-0.39, 0.29) is 5.91 Å². The van der Waals surface area contributed by atoms with Crippen LogP contribution in [-0.2, 0) is 4.74 Å². The highest BCUT2D eigenvalue weighted by molar-refractivity contribution is 9.10. The van der Waals surface area contributed by atoms with E-state index >= 15 is 0 Å². The van der Waals surface area contributed by atoms with E-state index in [1.165, 1.54) is 0 Å². The largest absolute Gasteiger partial charge is 0.385 e. The van der Waals surface area contributed by atoms with Crippen molar-refractivity contribution in [3.8, 4) is 0 Å². The highest BCUT2D eigenvalue weighted by Gasteiger charge is 2.10. The van der Waals surface area contributed by atoms with Gasteiger partial charge in [0.15, 0.2) is 0 Å². The number of aromatic nitrogens is 1. The number of hydrogen-bond acceptors (Lipinski definition) is 4. The number of amides is 1. The van der Waals surface area contributed by atoms with E-state index in [0.29, 0.717) is 18.0 Å². The van der Waals surface area contributed by atoms with Crippen LogP contribution in [0.15, 0.2) is 47.1 Å². The van der Waals surface area contributed by atoms with Crippen LogP contribution in [0.1, 0.15) is 16.9 Å². The molecule has 2 rings (SSSR count). The second kappa shape index (κ2) is 8.51. The number of nitrogens with one attached hydrogen (secondary N) is 2. The number of para-hydroxylation sites is 1. The molecule has 1 aromatic heterocycles. The molecule has 1 amide bonds. The average molecular weight is 364 g/mol. The normalized spacial score (nSPS) is 10.3. The Morgan fingerprint density at radius 1 is 1.32 bits per heavy atom. The third-order valence-corrected chi connectivity index (χ3v) is 3.66. The molecule has 1 heterocycles. The molecule has 116 valence electrons. The lowest BCUT2D eigenvalue weighted by Gasteiger charge is -2.09. The lowest BCUT2D eigenvalue weighted by atomic mass is 10.2. The highest BCUT2D eigenvalue weighted by atomic mass is 79.9. The Hall–Kier alpha value is -1.92. The summed E-state index contributed by atoms with van der Waals surface area (Å²) in [6, 6.07) is 11.0. The van der Waals surface area contributed by atoms with Crippen LogP contribution in [0.25, 0.3) is 0 Å². The molecule has 0 atom stereocenters. The first kappa shape index (κ1) is 16.5. The molecule has 0 spiro atoms. The fraction of sp³-hybridized carbons (Fsp3) is 0.250. The summed E-state index contributed by atoms with van der Waals surface area (Å²) in [6.45, 7) is 1.48. The number of hydrogen-bond donors (Lipinski definition) is 2. The van der Waals surface area contributed by atoms with Crippen molar-refractivity contribution in [2.75, 3.05) is 30.9 Å². The molecule has 0 fully saturated rings. The second-order valence-corrected chi connectivity index (χ2v) is 5.49. The lowest BCUT2D eigenvalue weighted by molar-refractivity contribution is 0.102. The smallest absolute Gasteiger partial charge is 0.274 e. The van der Waals surface area contributed by atoms with Gasteiger partial charge in [-0.25, -0.2) is 0 Å². The number of ether oxygens (including phenoxy) is 1. The molecule has 6 heteroatoms. The number of rotatable bonds is 7. The van der Waals surface area contributed by atoms with Gasteiger partial charge in [0.25, 0.3) is 5.91 Å². The monoisotopic (exact) mass is 363 g/mol. The molecular weight excluding hydrogens is 346 g/mol. The summed E-state index contributed by atoms with van der Waals surface area (Å²) in [5.74, 6) is -0.243. The summed E-state index contributed by atoms with van der Waals surface area (Å²) in [6.07, 6.45) is 2.52. The van der Waals surface area contributed by atoms with E-state index < -0.39 is 0 Å². The summed E-state index contributed by atoms with van der Waals surface area (Å²) >= 11 is 3.40. The molecule has 0 bridgehead atoms. The van der Waals surface area contributed by atoms with E-state index in [9.17, 15) is 4.79 Å². The van der Waals surface area contributed by atoms with Crippen LogP contribution in [0, 0.1) is 0 Å². The minimum absolute atomic E-state index is 0.243. The zero-order valence-electron chi connectivity index (χ0n) is 12.3. The second-order valence-electron chi connectivity index (χ2n) is 4.64. The van der Waals surface area contributed by atoms with Crippen LogP contribution in [0.4, 0.5) is 11.4 Å². The molecule has 22 heavy (non-hydrogen) atoms. The summed E-state index contributed by atoms with van der Waals surface area (Å²) in [7, 11) is 1.68. The first-order chi connectivity index (χ1) is 10.7. The van der Waals surface area contributed by atoms with Crippen molar-refractivity contribution in [2.45, 2.75) is 6.42 Å². The van der Waals surface area contributed by atoms with E-state index in [1.807, 2.05) is 30.3 Å². The minimum atomic E-state index is -0.243. The topological polar surface area (TPSA) is 63.2 Å². The zero-order chi connectivity index (χ0) is 15.8. The van der Waals surface area contributed by atoms with Gasteiger partial charge in [-0.3, -0.25) is 9.78 Å². The first-order valence-corrected chi connectivity index (χ1v) is 7.75. The Labute approximate surface area is 138 Å². The molecule has 1 aromatic carbocycles. The zero-order valence-corrected chi connectivity index (χ0v) is 13.9. The number of halogens is 1. The maximum Gasteiger partial charge on any atom is 0.274 e. The van der Waals surface area contributed by atoms with Crippen LogP contribution in [0.2, 0.25) is 0 Å². The van der Waals surface area contributed by atoms with Crippen LogP contribution in [0.5, 0.6) is 0 Å². The first-order valence-electron chi connectivity index (χ1n) is 6.95. The van der Waals surface area contributed by atoms with Crippen molar-refractivity contribution < 1.29 is 9.53 Å². The van der Waals surface area contributed by atoms with Crippen molar-refractivity contribution in [3.05, 3.63) is 52.8 Å². The molecule has 0 saturated carbocycles. The van der Waals surface area contributed by atoms with Crippen LogP contribution >= 0.6 is 15.9 Å². The Morgan fingerprint density at radius 2 is 2.14 bits per heavy atom. The third-order valence-electron chi connectivity index (χ3n) is 2.97. The van der Waals surface area contributed by atoms with Gasteiger partial charge in [-0.2, -0.15) is 0 Å². The van der Waals surface area contributed by atoms with E-state index in [0.717, 1.165) is 23.1 Å². The number of carbonyl (C=O) groups excluding carboxylic acids is 1. The van der Waals surface area contributed by atoms with Gasteiger partial charge >= 0.3 is 0 Å². The Morgan fingerprint density at radius 3 is 2.91 bits per heavy atom. The number of carbonyl (C=O) groups is 1. The molecule has 0 radical (unpaired) electrons. The number of methoxy groups -OCH3 is 1. The van der Waals surface area contributed by atoms with Gasteiger partial charge in [-0.15, -0.1) is 0 Å². The van der Waals surface area contributed by atoms with Crippen molar-refractivity contribution in [2.24, 2.45) is 0 Å². The number of anilines is 2. The average Bonchev–Trinajstić information content (AvgIpc) is 2.54. The van der Waals surface area contributed by atoms with Crippen LogP contribution in [-0.4, -0.2) is 31.2 Å². The van der Waals surface area contributed by atoms with E-state index in [1.54, 1.807) is 19.4 Å². The molecule has 2 aromatic rings. The minimum Gasteiger partial charge on any atom is -0.385 e. The molecular formula is C16H18BrN3O2. The SMILES string of the molecule is COCCCNc1ccnc(C(=O)Nc2ccccc2Br)c1. The lowest BCUT2D eigenvalue weighted by Crippen LogP contribution is -2.14. The van der Waals surface area contributed by atoms with E-state index in [2.05, 4.69) is 31.5 Å². The summed E-state index contributed by atoms with van der Waals surface area (Å²) in [5, 5.41) is 6.07. The van der Waals surface area contributed by atoms with Gasteiger partial charge < -0.3 is 15.4 Å². The highest BCUT2D eigenvalue weighted by Crippen LogP contribution is 2.21. The number of benzene rings is 1. The van der Waals surface area contributed by atoms with Gasteiger partial charge in [0.2, 0.25) is 0 Å². The molecule has 0 aliphatic rings. The Balaban J connectivity index is 1.99. The maximum atomic E-state index is 12.3. The van der Waals surface area contributed by atoms with Gasteiger partial charge in [-0.05, 0) is 46.6 Å².